The molecule has 8 aliphatic rings. The molecule has 68 heavy (non-hydrogen) atoms. The Bertz CT molecular complexity index is 3370. The summed E-state index contributed by atoms with van der Waals surface area (Å²) in [4.78, 5) is 5.27. The first kappa shape index (κ1) is 37.3. The smallest absolute Gasteiger partial charge is 0.259 e. The number of hydrogen-bond donors (Lipinski definition) is 0. The fourth-order valence-electron chi connectivity index (χ4n) is 12.9. The lowest BCUT2D eigenvalue weighted by atomic mass is 9.32. The van der Waals surface area contributed by atoms with E-state index in [-0.39, 0.29) is 70.7 Å². The van der Waals surface area contributed by atoms with E-state index in [1.165, 1.54) is 65.0 Å². The average molecular weight is 925 g/mol. The number of anilines is 2. The third kappa shape index (κ3) is 7.38. The molecule has 0 bridgehead atoms. The molecule has 11 rings (SSSR count). The van der Waals surface area contributed by atoms with Crippen molar-refractivity contribution in [2.75, 3.05) is 4.90 Å². The van der Waals surface area contributed by atoms with Crippen LogP contribution < -0.4 is 9.68 Å². The molecule has 5 unspecified atom stereocenters. The molecule has 6 aliphatic carbocycles. The lowest BCUT2D eigenvalue weighted by molar-refractivity contribution is 0.329. The molecule has 1 aromatic heterocycles. The maximum atomic E-state index is 9.62. The van der Waals surface area contributed by atoms with Gasteiger partial charge in [0.15, 0.2) is 0 Å². The first-order chi connectivity index (χ1) is 35.4. The molecule has 2 aliphatic heterocycles. The van der Waals surface area contributed by atoms with Gasteiger partial charge in [0, 0.05) is 41.5 Å². The zero-order chi connectivity index (χ0) is 54.8. The summed E-state index contributed by atoms with van der Waals surface area (Å²) >= 11 is 1.95. The van der Waals surface area contributed by atoms with E-state index in [0.29, 0.717) is 24.8 Å². The van der Waals surface area contributed by atoms with Gasteiger partial charge in [-0.15, -0.1) is 11.3 Å². The second-order valence-electron chi connectivity index (χ2n) is 25.0. The van der Waals surface area contributed by atoms with Crippen LogP contribution in [-0.4, -0.2) is 23.7 Å². The number of fused-ring (bicyclic) bond motifs is 6. The summed E-state index contributed by atoms with van der Waals surface area (Å²) in [6.07, 6.45) is 13.6. The van der Waals surface area contributed by atoms with E-state index in [4.69, 9.17) is 8.22 Å². The topological polar surface area (TPSA) is 6.48 Å². The Morgan fingerprint density at radius 1 is 0.779 bits per heavy atom. The number of allylic oxidation sites excluding steroid dienone is 14. The summed E-state index contributed by atoms with van der Waals surface area (Å²) in [5.74, 6) is 0. The van der Waals surface area contributed by atoms with Crippen molar-refractivity contribution in [3.05, 3.63) is 170 Å². The van der Waals surface area contributed by atoms with Crippen LogP contribution in [0.5, 0.6) is 0 Å². The molecule has 0 saturated heterocycles. The molecule has 3 aromatic rings. The van der Waals surface area contributed by atoms with Gasteiger partial charge >= 0.3 is 0 Å². The van der Waals surface area contributed by atoms with E-state index < -0.39 is 24.6 Å². The van der Waals surface area contributed by atoms with Gasteiger partial charge in [-0.2, -0.15) is 0 Å². The van der Waals surface area contributed by atoms with Gasteiger partial charge in [0.2, 0.25) is 0 Å². The van der Waals surface area contributed by atoms with Gasteiger partial charge in [0.1, 0.15) is 0 Å². The van der Waals surface area contributed by atoms with Crippen molar-refractivity contribution in [2.24, 2.45) is 10.8 Å². The van der Waals surface area contributed by atoms with E-state index in [0.717, 1.165) is 53.8 Å². The molecule has 0 saturated carbocycles. The molecule has 2 nitrogen and oxygen atoms in total. The summed E-state index contributed by atoms with van der Waals surface area (Å²) < 4.78 is 74.8. The molecule has 4 heteroatoms. The standard InChI is InChI=1S/C64H77BN2S/c1-40-34-54-57-55(35-40)67(52-30-26-44(61(5,6)7)36-47(52)41-20-16-14-17-21-41)53-31-27-45(64(12,13)43-22-18-15-19-23-43)37-51(53)65(57)59-58(66(54)46-28-24-42(25-29-46)60(2,3)4)48-38-49-50(39-56(48)68-59)63(10,11)33-32-62(49,8)9/h14-16,18,20,22,24-26,28-29,35-39,52,54H,17,19,21,23,27,30-34H2,1-13H3/i14D,15D,16D,17D,18D,19D,20D,21D. The van der Waals surface area contributed by atoms with Crippen LogP contribution in [0.4, 0.5) is 11.4 Å². The van der Waals surface area contributed by atoms with Gasteiger partial charge in [-0.3, -0.25) is 0 Å². The van der Waals surface area contributed by atoms with Gasteiger partial charge in [-0.25, -0.2) is 0 Å². The summed E-state index contributed by atoms with van der Waals surface area (Å²) in [6, 6.07) is 13.6. The molecular formula is C64H77BN2S. The second-order valence-corrected chi connectivity index (χ2v) is 26.0. The number of thiophene rings is 1. The first-order valence-electron chi connectivity index (χ1n) is 29.8. The van der Waals surface area contributed by atoms with Gasteiger partial charge in [0.25, 0.3) is 6.71 Å². The highest BCUT2D eigenvalue weighted by Gasteiger charge is 2.53. The number of rotatable bonds is 5. The third-order valence-electron chi connectivity index (χ3n) is 17.2. The highest BCUT2D eigenvalue weighted by atomic mass is 32.1. The zero-order valence-corrected chi connectivity index (χ0v) is 43.9. The van der Waals surface area contributed by atoms with Gasteiger partial charge in [-0.05, 0) is 167 Å². The van der Waals surface area contributed by atoms with Crippen molar-refractivity contribution in [2.45, 2.75) is 182 Å². The van der Waals surface area contributed by atoms with Crippen LogP contribution in [0.1, 0.15) is 182 Å². The molecular weight excluding hydrogens is 840 g/mol. The predicted molar refractivity (Wildman–Crippen MR) is 296 cm³/mol. The number of benzene rings is 2. The van der Waals surface area contributed by atoms with Crippen LogP contribution in [0, 0.1) is 10.8 Å². The van der Waals surface area contributed by atoms with Crippen molar-refractivity contribution in [3.63, 3.8) is 0 Å². The van der Waals surface area contributed by atoms with Gasteiger partial charge in [-0.1, -0.05) is 167 Å². The summed E-state index contributed by atoms with van der Waals surface area (Å²) in [6.45, 7) is 29.8. The molecule has 0 spiro atoms. The summed E-state index contributed by atoms with van der Waals surface area (Å²) in [5, 5.41) is 1.31. The highest BCUT2D eigenvalue weighted by Crippen LogP contribution is 2.57. The summed E-state index contributed by atoms with van der Waals surface area (Å²) in [5.41, 5.74) is 16.7. The monoisotopic (exact) mass is 925 g/mol. The van der Waals surface area contributed by atoms with E-state index in [2.05, 4.69) is 161 Å². The molecule has 5 atom stereocenters. The molecule has 3 heterocycles. The largest absolute Gasteiger partial charge is 0.338 e. The van der Waals surface area contributed by atoms with E-state index in [1.54, 1.807) is 0 Å². The van der Waals surface area contributed by atoms with Crippen LogP contribution in [0.15, 0.2) is 153 Å². The second kappa shape index (κ2) is 16.0. The molecule has 0 N–H and O–H groups in total. The first-order valence-corrected chi connectivity index (χ1v) is 26.4. The van der Waals surface area contributed by atoms with Gasteiger partial charge in [0.05, 0.1) is 24.6 Å². The molecule has 0 fully saturated rings. The normalized spacial score (nSPS) is 30.0. The lowest BCUT2D eigenvalue weighted by Crippen LogP contribution is -2.57. The van der Waals surface area contributed by atoms with E-state index >= 15 is 0 Å². The summed E-state index contributed by atoms with van der Waals surface area (Å²) in [7, 11) is 0. The Kier molecular flexibility index (Phi) is 8.78. The van der Waals surface area contributed by atoms with Crippen molar-refractivity contribution in [1.82, 2.24) is 4.90 Å². The Morgan fingerprint density at radius 3 is 2.21 bits per heavy atom. The minimum absolute atomic E-state index is 0.00837. The minimum Gasteiger partial charge on any atom is -0.338 e. The maximum absolute atomic E-state index is 9.62. The lowest BCUT2D eigenvalue weighted by Gasteiger charge is -2.53. The van der Waals surface area contributed by atoms with E-state index in [9.17, 15) is 2.74 Å². The van der Waals surface area contributed by atoms with Crippen LogP contribution in [0.3, 0.4) is 0 Å². The minimum atomic E-state index is -1.28. The van der Waals surface area contributed by atoms with Crippen molar-refractivity contribution < 1.29 is 11.0 Å². The predicted octanol–water partition coefficient (Wildman–Crippen LogP) is 17.0. The number of nitrogens with zero attached hydrogens (tertiary/aromatic N) is 2. The van der Waals surface area contributed by atoms with Crippen LogP contribution in [-0.2, 0) is 16.2 Å². The Balaban J connectivity index is 1.23. The highest BCUT2D eigenvalue weighted by molar-refractivity contribution is 7.32. The average Bonchev–Trinajstić information content (AvgIpc) is 3.90. The Labute approximate surface area is 426 Å². The van der Waals surface area contributed by atoms with Crippen LogP contribution in [0.2, 0.25) is 0 Å². The van der Waals surface area contributed by atoms with E-state index in [1.807, 2.05) is 17.4 Å². The number of hydrogen-bond acceptors (Lipinski definition) is 3. The SMILES string of the molecule is [2H]C1=C([2H])C([2H])CC(C(C)(C)C2=CC3=C(CC2)N(C2CC=C(C(C)(C)C)C=C2C2=C([2H])C([2H])=C([2H])C([2H])C2[2H])C2=C4B3c3sc5cc6c(cc5c3N(c3ccc(C(C)(C)C)cc3)C4CC(C)=C2)C(C)(C)CCC6(C)C)=C1. The van der Waals surface area contributed by atoms with Crippen molar-refractivity contribution in [3.8, 4) is 0 Å². The Hall–Kier alpha value is -4.54. The third-order valence-corrected chi connectivity index (χ3v) is 18.4. The van der Waals surface area contributed by atoms with Gasteiger partial charge < -0.3 is 9.80 Å². The van der Waals surface area contributed by atoms with Crippen molar-refractivity contribution in [1.29, 1.82) is 0 Å². The zero-order valence-electron chi connectivity index (χ0n) is 51.1. The maximum Gasteiger partial charge on any atom is 0.259 e. The quantitative estimate of drug-likeness (QED) is 0.235. The fourth-order valence-corrected chi connectivity index (χ4v) is 14.2. The van der Waals surface area contributed by atoms with Crippen molar-refractivity contribution >= 4 is 44.3 Å². The Morgan fingerprint density at radius 2 is 1.50 bits per heavy atom. The molecule has 352 valence electrons. The molecule has 0 amide bonds. The fraction of sp³-hybridized carbons (Fsp3) is 0.469. The molecule has 0 radical (unpaired) electrons. The molecule has 2 aromatic carbocycles. The van der Waals surface area contributed by atoms with Crippen LogP contribution in [0.25, 0.3) is 10.1 Å². The van der Waals surface area contributed by atoms with Crippen LogP contribution >= 0.6 is 11.3 Å².